The van der Waals surface area contributed by atoms with E-state index in [1.54, 1.807) is 0 Å². The van der Waals surface area contributed by atoms with Crippen LogP contribution in [-0.4, -0.2) is 42.0 Å². The highest BCUT2D eigenvalue weighted by Gasteiger charge is 2.29. The van der Waals surface area contributed by atoms with Gasteiger partial charge in [0.05, 0.1) is 22.8 Å². The molecule has 0 saturated heterocycles. The fraction of sp³-hybridized carbons (Fsp3) is 0.462. The molecule has 8 nitrogen and oxygen atoms in total. The summed E-state index contributed by atoms with van der Waals surface area (Å²) >= 11 is 0. The molecule has 1 aliphatic heterocycles. The number of benzene rings is 1. The molecule has 186 valence electrons. The number of aryl methyl sites for hydroxylation is 1. The summed E-state index contributed by atoms with van der Waals surface area (Å²) in [6.45, 7) is 4.20. The van der Waals surface area contributed by atoms with Crippen LogP contribution in [0, 0.1) is 6.92 Å². The third-order valence-electron chi connectivity index (χ3n) is 6.74. The zero-order valence-electron chi connectivity index (χ0n) is 20.2. The molecular formula is C26H32N4O4S. The highest BCUT2D eigenvalue weighted by atomic mass is 32.2. The van der Waals surface area contributed by atoms with E-state index in [0.29, 0.717) is 12.2 Å². The van der Waals surface area contributed by atoms with Crippen molar-refractivity contribution in [1.82, 2.24) is 19.7 Å². The predicted octanol–water partition coefficient (Wildman–Crippen LogP) is 4.92. The minimum Gasteiger partial charge on any atom is -0.454 e. The molecule has 3 aromatic rings. The lowest BCUT2D eigenvalue weighted by molar-refractivity contribution is 0.174. The van der Waals surface area contributed by atoms with E-state index in [1.165, 1.54) is 0 Å². The van der Waals surface area contributed by atoms with Gasteiger partial charge in [0.15, 0.2) is 11.5 Å². The number of sulfonamides is 1. The first-order valence-electron chi connectivity index (χ1n) is 12.4. The molecule has 0 radical (unpaired) electrons. The molecule has 1 saturated carbocycles. The number of imidazole rings is 1. The van der Waals surface area contributed by atoms with Gasteiger partial charge in [-0.05, 0) is 69.4 Å². The summed E-state index contributed by atoms with van der Waals surface area (Å²) < 4.78 is 38.6. The quantitative estimate of drug-likeness (QED) is 0.458. The maximum absolute atomic E-state index is 12.3. The molecular weight excluding hydrogens is 464 g/mol. The largest absolute Gasteiger partial charge is 0.454 e. The predicted molar refractivity (Wildman–Crippen MR) is 135 cm³/mol. The molecule has 2 N–H and O–H groups in total. The minimum atomic E-state index is -3.21. The number of aromatic amines is 1. The third-order valence-corrected chi connectivity index (χ3v) is 8.26. The number of nitrogens with one attached hydrogen (secondary N) is 2. The zero-order chi connectivity index (χ0) is 24.4. The second kappa shape index (κ2) is 9.99. The Labute approximate surface area is 206 Å². The molecule has 3 heterocycles. The van der Waals surface area contributed by atoms with Crippen LogP contribution < -0.4 is 14.2 Å². The molecule has 0 spiro atoms. The third kappa shape index (κ3) is 5.36. The van der Waals surface area contributed by atoms with Gasteiger partial charge >= 0.3 is 0 Å². The summed E-state index contributed by atoms with van der Waals surface area (Å²) in [6.07, 6.45) is 4.90. The van der Waals surface area contributed by atoms with E-state index in [4.69, 9.17) is 19.4 Å². The lowest BCUT2D eigenvalue weighted by Gasteiger charge is -2.27. The van der Waals surface area contributed by atoms with E-state index in [0.717, 1.165) is 72.0 Å². The molecule has 0 unspecified atom stereocenters. The molecule has 1 aromatic carbocycles. The number of pyridine rings is 1. The van der Waals surface area contributed by atoms with Crippen LogP contribution in [0.25, 0.3) is 22.6 Å². The molecule has 1 fully saturated rings. The van der Waals surface area contributed by atoms with E-state index < -0.39 is 10.0 Å². The van der Waals surface area contributed by atoms with Gasteiger partial charge in [0, 0.05) is 23.2 Å². The Hall–Kier alpha value is -2.91. The van der Waals surface area contributed by atoms with Gasteiger partial charge in [-0.25, -0.2) is 18.1 Å². The van der Waals surface area contributed by atoms with Crippen molar-refractivity contribution < 1.29 is 17.9 Å². The van der Waals surface area contributed by atoms with Gasteiger partial charge in [-0.3, -0.25) is 4.98 Å². The number of hydrogen-bond acceptors (Lipinski definition) is 6. The Kier molecular flexibility index (Phi) is 6.80. The highest BCUT2D eigenvalue weighted by Crippen LogP contribution is 2.40. The van der Waals surface area contributed by atoms with E-state index in [9.17, 15) is 8.42 Å². The summed E-state index contributed by atoms with van der Waals surface area (Å²) in [5.74, 6) is 2.80. The van der Waals surface area contributed by atoms with Crippen LogP contribution in [0.1, 0.15) is 62.9 Å². The Morgan fingerprint density at radius 1 is 1.06 bits per heavy atom. The highest BCUT2D eigenvalue weighted by molar-refractivity contribution is 7.89. The van der Waals surface area contributed by atoms with Crippen molar-refractivity contribution in [2.24, 2.45) is 0 Å². The van der Waals surface area contributed by atoms with Crippen molar-refractivity contribution in [3.8, 4) is 34.1 Å². The number of nitrogens with zero attached hydrogens (tertiary/aromatic N) is 2. The monoisotopic (exact) mass is 496 g/mol. The number of H-pyrrole nitrogens is 1. The van der Waals surface area contributed by atoms with E-state index in [-0.39, 0.29) is 24.5 Å². The first kappa shape index (κ1) is 23.8. The van der Waals surface area contributed by atoms with Crippen LogP contribution >= 0.6 is 0 Å². The number of fused-ring (bicyclic) bond motifs is 1. The molecule has 1 aliphatic carbocycles. The number of aromatic nitrogens is 3. The van der Waals surface area contributed by atoms with Crippen LogP contribution in [0.5, 0.6) is 11.5 Å². The zero-order valence-corrected chi connectivity index (χ0v) is 21.0. The van der Waals surface area contributed by atoms with Crippen molar-refractivity contribution >= 4 is 10.0 Å². The number of unbranched alkanes of at least 4 members (excludes halogenated alkanes) is 1. The minimum absolute atomic E-state index is 0.00527. The van der Waals surface area contributed by atoms with Gasteiger partial charge in [0.25, 0.3) is 0 Å². The lowest BCUT2D eigenvalue weighted by atomic mass is 9.86. The van der Waals surface area contributed by atoms with Gasteiger partial charge in [-0.1, -0.05) is 19.4 Å². The van der Waals surface area contributed by atoms with Crippen molar-refractivity contribution in [3.05, 3.63) is 47.9 Å². The summed E-state index contributed by atoms with van der Waals surface area (Å²) in [4.78, 5) is 13.3. The first-order valence-corrected chi connectivity index (χ1v) is 14.0. The Bertz CT molecular complexity index is 1300. The molecule has 5 rings (SSSR count). The topological polar surface area (TPSA) is 106 Å². The molecule has 0 atom stereocenters. The summed E-state index contributed by atoms with van der Waals surface area (Å²) in [5, 5.41) is 0. The van der Waals surface area contributed by atoms with Crippen LogP contribution in [0.4, 0.5) is 0 Å². The van der Waals surface area contributed by atoms with E-state index in [2.05, 4.69) is 9.71 Å². The van der Waals surface area contributed by atoms with Crippen LogP contribution in [-0.2, 0) is 10.0 Å². The fourth-order valence-corrected chi connectivity index (χ4v) is 6.37. The van der Waals surface area contributed by atoms with Crippen molar-refractivity contribution in [1.29, 1.82) is 0 Å². The fourth-order valence-electron chi connectivity index (χ4n) is 4.84. The average Bonchev–Trinajstić information content (AvgIpc) is 3.50. The van der Waals surface area contributed by atoms with Gasteiger partial charge in [0.2, 0.25) is 16.8 Å². The van der Waals surface area contributed by atoms with Crippen LogP contribution in [0.15, 0.2) is 36.4 Å². The van der Waals surface area contributed by atoms with Gasteiger partial charge < -0.3 is 14.5 Å². The van der Waals surface area contributed by atoms with Crippen molar-refractivity contribution in [3.63, 3.8) is 0 Å². The Balaban J connectivity index is 1.39. The normalized spacial score (nSPS) is 19.7. The number of rotatable bonds is 8. The number of hydrogen-bond donors (Lipinski definition) is 2. The van der Waals surface area contributed by atoms with Gasteiger partial charge in [0.1, 0.15) is 5.82 Å². The van der Waals surface area contributed by atoms with E-state index in [1.807, 2.05) is 50.2 Å². The summed E-state index contributed by atoms with van der Waals surface area (Å²) in [7, 11) is -3.21. The second-order valence-corrected chi connectivity index (χ2v) is 11.3. The van der Waals surface area contributed by atoms with E-state index >= 15 is 0 Å². The van der Waals surface area contributed by atoms with Crippen LogP contribution in [0.2, 0.25) is 0 Å². The van der Waals surface area contributed by atoms with Gasteiger partial charge in [-0.15, -0.1) is 0 Å². The maximum Gasteiger partial charge on any atom is 0.231 e. The lowest BCUT2D eigenvalue weighted by Crippen LogP contribution is -2.38. The SMILES string of the molecule is CCCCS(=O)(=O)NC1CCC(c2nc(-c3ccc4c(c3)OCO4)c(-c3cccc(C)n3)[nH]2)CC1. The molecule has 0 bridgehead atoms. The van der Waals surface area contributed by atoms with Crippen molar-refractivity contribution in [2.45, 2.75) is 64.3 Å². The smallest absolute Gasteiger partial charge is 0.231 e. The maximum atomic E-state index is 12.3. The Morgan fingerprint density at radius 3 is 2.63 bits per heavy atom. The first-order chi connectivity index (χ1) is 16.9. The van der Waals surface area contributed by atoms with Crippen molar-refractivity contribution in [2.75, 3.05) is 12.5 Å². The average molecular weight is 497 g/mol. The van der Waals surface area contributed by atoms with Crippen LogP contribution in [0.3, 0.4) is 0 Å². The molecule has 35 heavy (non-hydrogen) atoms. The second-order valence-electron chi connectivity index (χ2n) is 9.42. The number of ether oxygens (including phenoxy) is 2. The van der Waals surface area contributed by atoms with Gasteiger partial charge in [-0.2, -0.15) is 0 Å². The summed E-state index contributed by atoms with van der Waals surface area (Å²) in [5.41, 5.74) is 4.43. The molecule has 2 aliphatic rings. The molecule has 2 aromatic heterocycles. The standard InChI is InChI=1S/C26H32N4O4S/c1-3-4-14-35(31,32)30-20-11-8-18(9-12-20)26-28-24(19-10-13-22-23(15-19)34-16-33-22)25(29-26)21-7-5-6-17(2)27-21/h5-7,10,13,15,18,20,30H,3-4,8-9,11-12,14,16H2,1-2H3,(H,28,29). The molecule has 0 amide bonds. The Morgan fingerprint density at radius 2 is 1.86 bits per heavy atom. The summed E-state index contributed by atoms with van der Waals surface area (Å²) in [6, 6.07) is 11.8. The molecule has 9 heteroatoms.